The minimum atomic E-state index is -3.48. The van der Waals surface area contributed by atoms with Crippen molar-refractivity contribution in [3.05, 3.63) is 28.8 Å². The van der Waals surface area contributed by atoms with Gasteiger partial charge in [-0.05, 0) is 59.6 Å². The van der Waals surface area contributed by atoms with Gasteiger partial charge in [-0.1, -0.05) is 17.7 Å². The Hall–Kier alpha value is -1.36. The summed E-state index contributed by atoms with van der Waals surface area (Å²) in [5.41, 5.74) is 3.82. The van der Waals surface area contributed by atoms with Gasteiger partial charge in [0.2, 0.25) is 0 Å². The molecule has 0 radical (unpaired) electrons. The first-order chi connectivity index (χ1) is 11.1. The van der Waals surface area contributed by atoms with E-state index in [1.165, 1.54) is 0 Å². The van der Waals surface area contributed by atoms with E-state index >= 15 is 0 Å². The molecule has 2 amide bonds. The van der Waals surface area contributed by atoms with Gasteiger partial charge >= 0.3 is 13.6 Å². The standard InChI is InChI=1S/C17H29N2O4P/c1-8-22-24(21,23-9-2)17(6,7)19-16(20)18-15-13(4)10-12(3)11-14(15)5/h10-11H,8-9H2,1-7H3,(H2,18,19,20). The van der Waals surface area contributed by atoms with E-state index in [-0.39, 0.29) is 13.2 Å². The molecule has 0 aromatic heterocycles. The third-order valence-electron chi connectivity index (χ3n) is 3.62. The molecule has 0 spiro atoms. The van der Waals surface area contributed by atoms with Gasteiger partial charge < -0.3 is 19.7 Å². The first-order valence-corrected chi connectivity index (χ1v) is 9.66. The van der Waals surface area contributed by atoms with Crippen LogP contribution in [0.1, 0.15) is 44.4 Å². The monoisotopic (exact) mass is 356 g/mol. The van der Waals surface area contributed by atoms with Gasteiger partial charge in [-0.15, -0.1) is 0 Å². The Labute approximate surface area is 144 Å². The first kappa shape index (κ1) is 20.7. The average Bonchev–Trinajstić information content (AvgIpc) is 2.42. The van der Waals surface area contributed by atoms with Gasteiger partial charge in [0.05, 0.1) is 13.2 Å². The number of rotatable bonds is 7. The highest BCUT2D eigenvalue weighted by molar-refractivity contribution is 7.55. The van der Waals surface area contributed by atoms with Crippen LogP contribution >= 0.6 is 7.60 Å². The lowest BCUT2D eigenvalue weighted by molar-refractivity contribution is 0.191. The van der Waals surface area contributed by atoms with Crippen LogP contribution in [0.5, 0.6) is 0 Å². The number of anilines is 1. The molecule has 0 bridgehead atoms. The van der Waals surface area contributed by atoms with Crippen LogP contribution in [0, 0.1) is 20.8 Å². The lowest BCUT2D eigenvalue weighted by Crippen LogP contribution is -2.46. The van der Waals surface area contributed by atoms with Crippen molar-refractivity contribution in [3.63, 3.8) is 0 Å². The molecule has 2 N–H and O–H groups in total. The summed E-state index contributed by atoms with van der Waals surface area (Å²) < 4.78 is 23.6. The lowest BCUT2D eigenvalue weighted by Gasteiger charge is -2.33. The molecule has 136 valence electrons. The fraction of sp³-hybridized carbons (Fsp3) is 0.588. The van der Waals surface area contributed by atoms with Gasteiger partial charge in [0, 0.05) is 5.69 Å². The Kier molecular flexibility index (Phi) is 7.02. The maximum atomic E-state index is 12.9. The predicted molar refractivity (Wildman–Crippen MR) is 97.7 cm³/mol. The van der Waals surface area contributed by atoms with E-state index in [0.29, 0.717) is 0 Å². The molecule has 0 aliphatic heterocycles. The summed E-state index contributed by atoms with van der Waals surface area (Å²) in [5.74, 6) is 0. The second-order valence-corrected chi connectivity index (χ2v) is 8.87. The van der Waals surface area contributed by atoms with Gasteiger partial charge in [0.15, 0.2) is 0 Å². The minimum absolute atomic E-state index is 0.236. The van der Waals surface area contributed by atoms with E-state index in [1.54, 1.807) is 27.7 Å². The number of benzene rings is 1. The maximum absolute atomic E-state index is 12.9. The van der Waals surface area contributed by atoms with Crippen molar-refractivity contribution in [3.8, 4) is 0 Å². The summed E-state index contributed by atoms with van der Waals surface area (Å²) >= 11 is 0. The van der Waals surface area contributed by atoms with Crippen molar-refractivity contribution in [2.45, 2.75) is 53.7 Å². The van der Waals surface area contributed by atoms with Crippen LogP contribution < -0.4 is 10.6 Å². The average molecular weight is 356 g/mol. The van der Waals surface area contributed by atoms with Crippen LogP contribution in [-0.4, -0.2) is 24.5 Å². The second-order valence-electron chi connectivity index (χ2n) is 6.24. The number of carbonyl (C=O) groups is 1. The fourth-order valence-electron chi connectivity index (χ4n) is 2.57. The molecule has 0 fully saturated rings. The van der Waals surface area contributed by atoms with Crippen LogP contribution in [-0.2, 0) is 13.6 Å². The first-order valence-electron chi connectivity index (χ1n) is 8.12. The number of urea groups is 1. The van der Waals surface area contributed by atoms with Crippen LogP contribution in [0.15, 0.2) is 12.1 Å². The molecular formula is C17H29N2O4P. The van der Waals surface area contributed by atoms with Crippen molar-refractivity contribution >= 4 is 19.3 Å². The van der Waals surface area contributed by atoms with Crippen LogP contribution in [0.4, 0.5) is 10.5 Å². The van der Waals surface area contributed by atoms with Gasteiger partial charge in [-0.2, -0.15) is 0 Å². The highest BCUT2D eigenvalue weighted by Gasteiger charge is 2.44. The Morgan fingerprint density at radius 2 is 1.54 bits per heavy atom. The van der Waals surface area contributed by atoms with E-state index in [1.807, 2.05) is 32.9 Å². The van der Waals surface area contributed by atoms with Crippen molar-refractivity contribution in [1.29, 1.82) is 0 Å². The quantitative estimate of drug-likeness (QED) is 0.692. The molecule has 7 heteroatoms. The summed E-state index contributed by atoms with van der Waals surface area (Å²) in [6.07, 6.45) is 0. The Morgan fingerprint density at radius 1 is 1.08 bits per heavy atom. The van der Waals surface area contributed by atoms with Gasteiger partial charge in [-0.3, -0.25) is 4.57 Å². The third kappa shape index (κ3) is 4.82. The van der Waals surface area contributed by atoms with Gasteiger partial charge in [0.25, 0.3) is 0 Å². The van der Waals surface area contributed by atoms with Crippen molar-refractivity contribution in [2.75, 3.05) is 18.5 Å². The summed E-state index contributed by atoms with van der Waals surface area (Å²) in [6, 6.07) is 3.55. The Morgan fingerprint density at radius 3 is 1.96 bits per heavy atom. The lowest BCUT2D eigenvalue weighted by atomic mass is 10.1. The summed E-state index contributed by atoms with van der Waals surface area (Å²) in [5, 5.41) is 4.40. The molecule has 0 saturated heterocycles. The Balaban J connectivity index is 2.95. The summed E-state index contributed by atoms with van der Waals surface area (Å²) in [7, 11) is -3.48. The molecule has 6 nitrogen and oxygen atoms in total. The zero-order chi connectivity index (χ0) is 18.5. The van der Waals surface area contributed by atoms with Gasteiger partial charge in [0.1, 0.15) is 5.28 Å². The smallest absolute Gasteiger partial charge is 0.321 e. The minimum Gasteiger partial charge on any atom is -0.321 e. The third-order valence-corrected chi connectivity index (χ3v) is 6.30. The molecular weight excluding hydrogens is 327 g/mol. The topological polar surface area (TPSA) is 76.7 Å². The molecule has 0 aliphatic carbocycles. The number of carbonyl (C=O) groups excluding carboxylic acids is 1. The molecule has 1 aromatic carbocycles. The Bertz CT molecular complexity index is 610. The largest absolute Gasteiger partial charge is 0.355 e. The van der Waals surface area contributed by atoms with E-state index in [9.17, 15) is 9.36 Å². The molecule has 0 atom stereocenters. The second kappa shape index (κ2) is 8.15. The summed E-state index contributed by atoms with van der Waals surface area (Å²) in [4.78, 5) is 12.4. The number of nitrogens with one attached hydrogen (secondary N) is 2. The fourth-order valence-corrected chi connectivity index (χ4v) is 4.21. The SMILES string of the molecule is CCOP(=O)(OCC)C(C)(C)NC(=O)Nc1c(C)cc(C)cc1C. The van der Waals surface area contributed by atoms with E-state index in [4.69, 9.17) is 9.05 Å². The van der Waals surface area contributed by atoms with Crippen LogP contribution in [0.2, 0.25) is 0 Å². The normalized spacial score (nSPS) is 12.1. The molecule has 24 heavy (non-hydrogen) atoms. The zero-order valence-corrected chi connectivity index (χ0v) is 16.5. The van der Waals surface area contributed by atoms with Crippen molar-refractivity contribution in [1.82, 2.24) is 5.32 Å². The predicted octanol–water partition coefficient (Wildman–Crippen LogP) is 4.74. The maximum Gasteiger partial charge on any atom is 0.355 e. The van der Waals surface area contributed by atoms with E-state index in [0.717, 1.165) is 22.4 Å². The van der Waals surface area contributed by atoms with Gasteiger partial charge in [-0.25, -0.2) is 4.79 Å². The van der Waals surface area contributed by atoms with Crippen molar-refractivity contribution in [2.24, 2.45) is 0 Å². The van der Waals surface area contributed by atoms with E-state index < -0.39 is 18.9 Å². The van der Waals surface area contributed by atoms with Crippen molar-refractivity contribution < 1.29 is 18.4 Å². The molecule has 0 heterocycles. The zero-order valence-electron chi connectivity index (χ0n) is 15.6. The molecule has 0 saturated carbocycles. The number of hydrogen-bond donors (Lipinski definition) is 2. The van der Waals surface area contributed by atoms with E-state index in [2.05, 4.69) is 10.6 Å². The molecule has 1 rings (SSSR count). The highest BCUT2D eigenvalue weighted by Crippen LogP contribution is 2.58. The molecule has 0 aliphatic rings. The van der Waals surface area contributed by atoms with Crippen LogP contribution in [0.3, 0.4) is 0 Å². The number of aryl methyl sites for hydroxylation is 3. The number of hydrogen-bond acceptors (Lipinski definition) is 4. The summed E-state index contributed by atoms with van der Waals surface area (Å²) in [6.45, 7) is 13.1. The molecule has 1 aromatic rings. The molecule has 0 unspecified atom stereocenters. The van der Waals surface area contributed by atoms with Crippen LogP contribution in [0.25, 0.3) is 0 Å². The number of amides is 2. The highest BCUT2D eigenvalue weighted by atomic mass is 31.2.